The van der Waals surface area contributed by atoms with Gasteiger partial charge in [-0.3, -0.25) is 0 Å². The first-order valence-corrected chi connectivity index (χ1v) is 12.9. The van der Waals surface area contributed by atoms with Gasteiger partial charge in [0.05, 0.1) is 12.2 Å². The second kappa shape index (κ2) is 17.0. The summed E-state index contributed by atoms with van der Waals surface area (Å²) in [5.74, 6) is 1.29. The zero-order chi connectivity index (χ0) is 24.4. The van der Waals surface area contributed by atoms with Crippen LogP contribution >= 0.6 is 0 Å². The van der Waals surface area contributed by atoms with Crippen molar-refractivity contribution in [3.8, 4) is 17.2 Å². The van der Waals surface area contributed by atoms with Crippen molar-refractivity contribution in [1.82, 2.24) is 0 Å². The maximum absolute atomic E-state index is 13.9. The molecule has 0 radical (unpaired) electrons. The van der Waals surface area contributed by atoms with E-state index in [1.165, 1.54) is 32.1 Å². The highest BCUT2D eigenvalue weighted by molar-refractivity contribution is 5.91. The van der Waals surface area contributed by atoms with Crippen LogP contribution in [0.3, 0.4) is 0 Å². The second-order valence-corrected chi connectivity index (χ2v) is 8.76. The average Bonchev–Trinajstić information content (AvgIpc) is 2.86. The van der Waals surface area contributed by atoms with Crippen LogP contribution in [0.5, 0.6) is 17.2 Å². The van der Waals surface area contributed by atoms with E-state index in [4.69, 9.17) is 14.2 Å². The number of ether oxygens (including phenoxy) is 3. The van der Waals surface area contributed by atoms with E-state index in [0.717, 1.165) is 37.9 Å². The number of carbonyl (C=O) groups excluding carboxylic acids is 1. The summed E-state index contributed by atoms with van der Waals surface area (Å²) in [5.41, 5.74) is 0.454. The summed E-state index contributed by atoms with van der Waals surface area (Å²) in [4.78, 5) is 12.4. The van der Waals surface area contributed by atoms with Gasteiger partial charge in [0, 0.05) is 0 Å². The highest BCUT2D eigenvalue weighted by Crippen LogP contribution is 2.21. The molecule has 0 N–H and O–H groups in total. The Bertz CT molecular complexity index is 789. The van der Waals surface area contributed by atoms with Crippen LogP contribution in [-0.2, 0) is 0 Å². The predicted molar refractivity (Wildman–Crippen MR) is 136 cm³/mol. The fourth-order valence-electron chi connectivity index (χ4n) is 3.59. The van der Waals surface area contributed by atoms with Crippen molar-refractivity contribution >= 4 is 5.97 Å². The molecule has 0 spiro atoms. The molecule has 1 unspecified atom stereocenters. The fourth-order valence-corrected chi connectivity index (χ4v) is 3.59. The number of alkyl halides is 1. The van der Waals surface area contributed by atoms with E-state index in [9.17, 15) is 9.18 Å². The number of unbranched alkanes of at least 4 members (excludes halogenated alkanes) is 8. The number of hydrogen-bond donors (Lipinski definition) is 0. The summed E-state index contributed by atoms with van der Waals surface area (Å²) in [6, 6.07) is 13.7. The van der Waals surface area contributed by atoms with Crippen molar-refractivity contribution in [2.24, 2.45) is 0 Å². The molecule has 0 saturated carbocycles. The van der Waals surface area contributed by atoms with Crippen LogP contribution in [0.1, 0.15) is 94.8 Å². The molecule has 0 fully saturated rings. The third-order valence-corrected chi connectivity index (χ3v) is 5.69. The fraction of sp³-hybridized carbons (Fsp3) is 0.552. The van der Waals surface area contributed by atoms with Crippen molar-refractivity contribution < 1.29 is 23.4 Å². The summed E-state index contributed by atoms with van der Waals surface area (Å²) >= 11 is 0. The summed E-state index contributed by atoms with van der Waals surface area (Å²) in [5, 5.41) is 0. The molecule has 0 aliphatic heterocycles. The molecule has 0 bridgehead atoms. The van der Waals surface area contributed by atoms with Gasteiger partial charge in [0.2, 0.25) is 0 Å². The molecule has 188 valence electrons. The number of hydrogen-bond acceptors (Lipinski definition) is 4. The molecular formula is C29H41FO4. The smallest absolute Gasteiger partial charge is 0.343 e. The third-order valence-electron chi connectivity index (χ3n) is 5.69. The lowest BCUT2D eigenvalue weighted by Crippen LogP contribution is -2.13. The highest BCUT2D eigenvalue weighted by Gasteiger charge is 2.10. The summed E-state index contributed by atoms with van der Waals surface area (Å²) in [6.07, 6.45) is 11.1. The molecule has 0 aliphatic carbocycles. The first-order chi connectivity index (χ1) is 16.6. The van der Waals surface area contributed by atoms with E-state index < -0.39 is 12.1 Å². The topological polar surface area (TPSA) is 44.8 Å². The number of carbonyl (C=O) groups is 1. The SMILES string of the molecule is CCCCCCCCOc1ccc(C(=O)Oc2ccc(OCC(F)CCCCCC)cc2)cc1. The Morgan fingerprint density at radius 3 is 1.91 bits per heavy atom. The van der Waals surface area contributed by atoms with Gasteiger partial charge >= 0.3 is 5.97 Å². The Morgan fingerprint density at radius 2 is 1.24 bits per heavy atom. The second-order valence-electron chi connectivity index (χ2n) is 8.76. The molecule has 2 aromatic rings. The zero-order valence-corrected chi connectivity index (χ0v) is 20.9. The minimum atomic E-state index is -0.966. The lowest BCUT2D eigenvalue weighted by Gasteiger charge is -2.11. The van der Waals surface area contributed by atoms with Crippen LogP contribution in [-0.4, -0.2) is 25.4 Å². The summed E-state index contributed by atoms with van der Waals surface area (Å²) < 4.78 is 30.6. The number of esters is 1. The zero-order valence-electron chi connectivity index (χ0n) is 20.9. The number of benzene rings is 2. The normalized spacial score (nSPS) is 11.7. The van der Waals surface area contributed by atoms with Gasteiger partial charge in [0.1, 0.15) is 30.0 Å². The van der Waals surface area contributed by atoms with Gasteiger partial charge in [-0.25, -0.2) is 9.18 Å². The highest BCUT2D eigenvalue weighted by atomic mass is 19.1. The van der Waals surface area contributed by atoms with Gasteiger partial charge in [0.25, 0.3) is 0 Å². The average molecular weight is 473 g/mol. The van der Waals surface area contributed by atoms with Crippen molar-refractivity contribution in [1.29, 1.82) is 0 Å². The first-order valence-electron chi connectivity index (χ1n) is 12.9. The first kappa shape index (κ1) is 27.7. The van der Waals surface area contributed by atoms with E-state index in [1.54, 1.807) is 48.5 Å². The molecule has 1 atom stereocenters. The summed E-state index contributed by atoms with van der Waals surface area (Å²) in [7, 11) is 0. The van der Waals surface area contributed by atoms with E-state index >= 15 is 0 Å². The van der Waals surface area contributed by atoms with E-state index in [2.05, 4.69) is 13.8 Å². The van der Waals surface area contributed by atoms with Gasteiger partial charge < -0.3 is 14.2 Å². The van der Waals surface area contributed by atoms with Gasteiger partial charge in [-0.2, -0.15) is 0 Å². The van der Waals surface area contributed by atoms with Gasteiger partial charge in [-0.1, -0.05) is 71.6 Å². The third kappa shape index (κ3) is 11.5. The van der Waals surface area contributed by atoms with E-state index in [1.807, 2.05) is 0 Å². The van der Waals surface area contributed by atoms with Crippen molar-refractivity contribution in [2.75, 3.05) is 13.2 Å². The Hall–Kier alpha value is -2.56. The molecule has 0 heterocycles. The minimum Gasteiger partial charge on any atom is -0.494 e. The van der Waals surface area contributed by atoms with E-state index in [0.29, 0.717) is 30.1 Å². The van der Waals surface area contributed by atoms with Crippen LogP contribution < -0.4 is 14.2 Å². The van der Waals surface area contributed by atoms with Crippen LogP contribution in [0, 0.1) is 0 Å². The Morgan fingerprint density at radius 1 is 0.706 bits per heavy atom. The molecule has 4 nitrogen and oxygen atoms in total. The molecule has 34 heavy (non-hydrogen) atoms. The molecule has 0 saturated heterocycles. The summed E-state index contributed by atoms with van der Waals surface area (Å²) in [6.45, 7) is 5.08. The largest absolute Gasteiger partial charge is 0.494 e. The molecule has 2 aromatic carbocycles. The lowest BCUT2D eigenvalue weighted by atomic mass is 10.1. The molecule has 5 heteroatoms. The Labute approximate surface area is 204 Å². The molecule has 2 rings (SSSR count). The predicted octanol–water partition coefficient (Wildman–Crippen LogP) is 8.33. The molecule has 0 aromatic heterocycles. The van der Waals surface area contributed by atoms with Crippen molar-refractivity contribution in [3.63, 3.8) is 0 Å². The quantitative estimate of drug-likeness (QED) is 0.124. The monoisotopic (exact) mass is 472 g/mol. The lowest BCUT2D eigenvalue weighted by molar-refractivity contribution is 0.0734. The van der Waals surface area contributed by atoms with Gasteiger partial charge in [0.15, 0.2) is 0 Å². The van der Waals surface area contributed by atoms with Gasteiger partial charge in [-0.05, 0) is 61.4 Å². The van der Waals surface area contributed by atoms with Crippen LogP contribution in [0.15, 0.2) is 48.5 Å². The molecule has 0 aliphatic rings. The van der Waals surface area contributed by atoms with Crippen molar-refractivity contribution in [2.45, 2.75) is 90.6 Å². The Balaban J connectivity index is 1.68. The number of rotatable bonds is 18. The van der Waals surface area contributed by atoms with Gasteiger partial charge in [-0.15, -0.1) is 0 Å². The number of halogens is 1. The van der Waals surface area contributed by atoms with Crippen LogP contribution in [0.25, 0.3) is 0 Å². The standard InChI is InChI=1S/C29H41FO4/c1-3-5-7-9-10-12-22-32-26-16-14-24(15-17-26)29(31)34-28-20-18-27(19-21-28)33-23-25(30)13-11-8-6-4-2/h14-21,25H,3-13,22-23H2,1-2H3. The molecule has 0 amide bonds. The maximum Gasteiger partial charge on any atom is 0.343 e. The minimum absolute atomic E-state index is 0.0402. The van der Waals surface area contributed by atoms with Crippen molar-refractivity contribution in [3.05, 3.63) is 54.1 Å². The van der Waals surface area contributed by atoms with E-state index in [-0.39, 0.29) is 6.61 Å². The molecular weight excluding hydrogens is 431 g/mol. The van der Waals surface area contributed by atoms with Crippen LogP contribution in [0.4, 0.5) is 4.39 Å². The Kier molecular flexibility index (Phi) is 13.8. The maximum atomic E-state index is 13.9. The van der Waals surface area contributed by atoms with Crippen LogP contribution in [0.2, 0.25) is 0 Å².